The average Bonchev–Trinajstić information content (AvgIpc) is 3.82. The number of hydrogen-bond donors (Lipinski definition) is 1. The number of aryl methyl sites for hydroxylation is 1. The van der Waals surface area contributed by atoms with Crippen molar-refractivity contribution < 1.29 is 28.5 Å². The number of carbonyl (C=O) groups is 1. The molecule has 2 atom stereocenters. The summed E-state index contributed by atoms with van der Waals surface area (Å²) in [6, 6.07) is 16.1. The maximum absolute atomic E-state index is 11.7. The van der Waals surface area contributed by atoms with Crippen LogP contribution in [0.2, 0.25) is 0 Å². The van der Waals surface area contributed by atoms with Gasteiger partial charge in [-0.25, -0.2) is 4.57 Å². The van der Waals surface area contributed by atoms with Crippen LogP contribution in [0, 0.1) is 6.92 Å². The average molecular weight is 659 g/mol. The Hall–Kier alpha value is -2.43. The number of phenols is 1. The van der Waals surface area contributed by atoms with Crippen LogP contribution in [0.3, 0.4) is 0 Å². The fourth-order valence-corrected chi connectivity index (χ4v) is 5.38. The van der Waals surface area contributed by atoms with Crippen molar-refractivity contribution in [2.45, 2.75) is 161 Å². The number of para-hydroxylation sites is 1. The van der Waals surface area contributed by atoms with Crippen molar-refractivity contribution in [3.63, 3.8) is 0 Å². The Balaban J connectivity index is 0.000000497. The molecular formula is C39H63O6P. The van der Waals surface area contributed by atoms with E-state index in [2.05, 4.69) is 18.4 Å². The number of ether oxygens (including phenoxy) is 2. The molecular weight excluding hydrogens is 595 g/mol. The number of unbranched alkanes of at least 4 members (excludes halogenated alkanes) is 14. The molecule has 0 saturated carbocycles. The minimum atomic E-state index is -0.305. The third-order valence-electron chi connectivity index (χ3n) is 8.08. The van der Waals surface area contributed by atoms with E-state index < -0.39 is 0 Å². The van der Waals surface area contributed by atoms with Crippen molar-refractivity contribution in [3.05, 3.63) is 60.2 Å². The van der Waals surface area contributed by atoms with Gasteiger partial charge in [-0.1, -0.05) is 146 Å². The summed E-state index contributed by atoms with van der Waals surface area (Å²) in [4.78, 5) is 11.7. The molecule has 2 aromatic rings. The van der Waals surface area contributed by atoms with Crippen LogP contribution in [-0.4, -0.2) is 29.9 Å². The highest BCUT2D eigenvalue weighted by atomic mass is 31.1. The molecule has 260 valence electrons. The molecule has 1 heterocycles. The van der Waals surface area contributed by atoms with Crippen molar-refractivity contribution in [1.29, 1.82) is 0 Å². The molecule has 1 N–H and O–H groups in total. The van der Waals surface area contributed by atoms with E-state index in [0.29, 0.717) is 36.7 Å². The number of phenolic OH excluding ortho intramolecular Hbond substituents is 1. The lowest BCUT2D eigenvalue weighted by molar-refractivity contribution is -0.143. The van der Waals surface area contributed by atoms with Gasteiger partial charge in [-0.15, -0.1) is 0 Å². The second-order valence-corrected chi connectivity index (χ2v) is 12.7. The monoisotopic (exact) mass is 658 g/mol. The predicted molar refractivity (Wildman–Crippen MR) is 191 cm³/mol. The third kappa shape index (κ3) is 25.7. The topological polar surface area (TPSA) is 85.4 Å². The standard InChI is InChI=1S/C26H50O3.C7H8O.C6H5O2P/c1-3-5-7-9-12-16-20-24-25(29-24)21-17-13-11-14-18-22-26(27)28-23-19-15-10-8-6-4-2;1-6-2-4-7(8)5-3-6;7-9-8-6-4-2-1-3-5-6/h24-25H,3-23H2,1-2H3;2-5,8H,1H3;1-5H. The van der Waals surface area contributed by atoms with Gasteiger partial charge in [0.05, 0.1) is 18.8 Å². The summed E-state index contributed by atoms with van der Waals surface area (Å²) in [5.74, 6) is 0.951. The molecule has 1 aliphatic heterocycles. The first kappa shape index (κ1) is 41.6. The van der Waals surface area contributed by atoms with Crippen molar-refractivity contribution in [3.8, 4) is 11.5 Å². The van der Waals surface area contributed by atoms with E-state index in [9.17, 15) is 9.36 Å². The van der Waals surface area contributed by atoms with Gasteiger partial charge in [-0.3, -0.25) is 4.79 Å². The zero-order chi connectivity index (χ0) is 33.5. The van der Waals surface area contributed by atoms with Crippen molar-refractivity contribution in [2.75, 3.05) is 6.61 Å². The van der Waals surface area contributed by atoms with Gasteiger partial charge in [-0.05, 0) is 56.9 Å². The molecule has 0 aliphatic carbocycles. The highest BCUT2D eigenvalue weighted by Gasteiger charge is 2.36. The van der Waals surface area contributed by atoms with Gasteiger partial charge in [0.15, 0.2) is 0 Å². The number of epoxide rings is 1. The van der Waals surface area contributed by atoms with Gasteiger partial charge >= 0.3 is 14.7 Å². The van der Waals surface area contributed by atoms with E-state index in [4.69, 9.17) is 14.6 Å². The van der Waals surface area contributed by atoms with Crippen LogP contribution >= 0.6 is 8.69 Å². The predicted octanol–water partition coefficient (Wildman–Crippen LogP) is 12.1. The number of benzene rings is 2. The van der Waals surface area contributed by atoms with Crippen molar-refractivity contribution in [1.82, 2.24) is 0 Å². The summed E-state index contributed by atoms with van der Waals surface area (Å²) in [6.07, 6.45) is 25.8. The zero-order valence-electron chi connectivity index (χ0n) is 29.1. The largest absolute Gasteiger partial charge is 0.508 e. The summed E-state index contributed by atoms with van der Waals surface area (Å²) in [6.45, 7) is 7.11. The highest BCUT2D eigenvalue weighted by Crippen LogP contribution is 2.32. The quantitative estimate of drug-likeness (QED) is 0.0523. The van der Waals surface area contributed by atoms with Crippen LogP contribution in [0.25, 0.3) is 0 Å². The summed E-state index contributed by atoms with van der Waals surface area (Å²) in [5, 5.41) is 8.76. The van der Waals surface area contributed by atoms with Crippen LogP contribution in [-0.2, 0) is 18.8 Å². The van der Waals surface area contributed by atoms with Gasteiger partial charge in [0.1, 0.15) is 11.5 Å². The second kappa shape index (κ2) is 29.9. The molecule has 46 heavy (non-hydrogen) atoms. The van der Waals surface area contributed by atoms with Crippen LogP contribution in [0.1, 0.15) is 148 Å². The van der Waals surface area contributed by atoms with Gasteiger partial charge < -0.3 is 19.1 Å². The Morgan fingerprint density at radius 2 is 1.20 bits per heavy atom. The number of esters is 1. The number of rotatable bonds is 24. The smallest absolute Gasteiger partial charge is 0.395 e. The highest BCUT2D eigenvalue weighted by molar-refractivity contribution is 7.17. The zero-order valence-corrected chi connectivity index (χ0v) is 30.0. The molecule has 0 amide bonds. The van der Waals surface area contributed by atoms with E-state index in [1.807, 2.05) is 37.3 Å². The van der Waals surface area contributed by atoms with Gasteiger partial charge in [0.25, 0.3) is 0 Å². The SMILES string of the molecule is CCCCCCCCOC(=O)CCCCCCCC1OC1CCCCCCCC.Cc1ccc(O)cc1.O=POc1ccccc1. The summed E-state index contributed by atoms with van der Waals surface area (Å²) < 4.78 is 25.6. The second-order valence-electron chi connectivity index (χ2n) is 12.4. The van der Waals surface area contributed by atoms with Crippen LogP contribution in [0.15, 0.2) is 54.6 Å². The first-order valence-corrected chi connectivity index (χ1v) is 18.8. The Morgan fingerprint density at radius 1 is 0.696 bits per heavy atom. The van der Waals surface area contributed by atoms with E-state index in [1.165, 1.54) is 108 Å². The minimum Gasteiger partial charge on any atom is -0.508 e. The molecule has 3 rings (SSSR count). The molecule has 0 bridgehead atoms. The van der Waals surface area contributed by atoms with Crippen LogP contribution < -0.4 is 4.52 Å². The lowest BCUT2D eigenvalue weighted by Crippen LogP contribution is -2.05. The molecule has 2 unspecified atom stereocenters. The Kier molecular flexibility index (Phi) is 27.1. The molecule has 1 aliphatic rings. The molecule has 1 fully saturated rings. The Bertz CT molecular complexity index is 947. The summed E-state index contributed by atoms with van der Waals surface area (Å²) in [5.41, 5.74) is 1.17. The van der Waals surface area contributed by atoms with Gasteiger partial charge in [0, 0.05) is 6.42 Å². The van der Waals surface area contributed by atoms with Gasteiger partial charge in [0.2, 0.25) is 0 Å². The van der Waals surface area contributed by atoms with E-state index in [1.54, 1.807) is 24.3 Å². The van der Waals surface area contributed by atoms with E-state index >= 15 is 0 Å². The van der Waals surface area contributed by atoms with Crippen LogP contribution in [0.4, 0.5) is 0 Å². The molecule has 0 radical (unpaired) electrons. The normalized spacial score (nSPS) is 14.8. The molecule has 7 heteroatoms. The van der Waals surface area contributed by atoms with Crippen LogP contribution in [0.5, 0.6) is 11.5 Å². The van der Waals surface area contributed by atoms with Gasteiger partial charge in [-0.2, -0.15) is 0 Å². The fourth-order valence-electron chi connectivity index (χ4n) is 5.17. The molecule has 6 nitrogen and oxygen atoms in total. The summed E-state index contributed by atoms with van der Waals surface area (Å²) >= 11 is 0. The Morgan fingerprint density at radius 3 is 1.72 bits per heavy atom. The Labute approximate surface area is 282 Å². The minimum absolute atomic E-state index is 0.00229. The third-order valence-corrected chi connectivity index (χ3v) is 8.37. The van der Waals surface area contributed by atoms with Crippen molar-refractivity contribution in [2.24, 2.45) is 0 Å². The lowest BCUT2D eigenvalue weighted by Gasteiger charge is -2.05. The number of hydrogen-bond acceptors (Lipinski definition) is 6. The maximum Gasteiger partial charge on any atom is 0.395 e. The molecule has 2 aromatic carbocycles. The summed E-state index contributed by atoms with van der Waals surface area (Å²) in [7, 11) is -0.305. The fraction of sp³-hybridized carbons (Fsp3) is 0.667. The number of aromatic hydroxyl groups is 1. The maximum atomic E-state index is 11.7. The van der Waals surface area contributed by atoms with Crippen molar-refractivity contribution >= 4 is 14.7 Å². The first-order chi connectivity index (χ1) is 22.5. The first-order valence-electron chi connectivity index (χ1n) is 18.1. The lowest BCUT2D eigenvalue weighted by atomic mass is 10.0. The number of carbonyl (C=O) groups excluding carboxylic acids is 1. The van der Waals surface area contributed by atoms with E-state index in [0.717, 1.165) is 19.3 Å². The van der Waals surface area contributed by atoms with E-state index in [-0.39, 0.29) is 14.7 Å². The molecule has 0 spiro atoms. The molecule has 1 saturated heterocycles. The molecule has 0 aromatic heterocycles.